The van der Waals surface area contributed by atoms with Crippen LogP contribution in [0.1, 0.15) is 19.8 Å². The molecular formula is C22H26ClN7O3. The van der Waals surface area contributed by atoms with Crippen molar-refractivity contribution >= 4 is 29.4 Å². The van der Waals surface area contributed by atoms with E-state index in [1.54, 1.807) is 53.5 Å². The van der Waals surface area contributed by atoms with Gasteiger partial charge in [0.1, 0.15) is 11.9 Å². The van der Waals surface area contributed by atoms with Gasteiger partial charge >= 0.3 is 0 Å². The number of methoxy groups -OCH3 is 1. The van der Waals surface area contributed by atoms with Crippen molar-refractivity contribution in [1.29, 1.82) is 0 Å². The van der Waals surface area contributed by atoms with E-state index >= 15 is 0 Å². The Balaban J connectivity index is 1.74. The Hall–Kier alpha value is -3.18. The van der Waals surface area contributed by atoms with Gasteiger partial charge in [-0.3, -0.25) is 14.5 Å². The first-order valence-electron chi connectivity index (χ1n) is 10.6. The van der Waals surface area contributed by atoms with Gasteiger partial charge in [0, 0.05) is 23.0 Å². The number of hydrogen-bond acceptors (Lipinski definition) is 8. The molecule has 2 unspecified atom stereocenters. The SMILES string of the molecule is CCCC(O)Cn1ncc(NC(=O)C2=C3N=CC=CN3NC2N)c1-c1cc(Cl)ccc1OC. The highest BCUT2D eigenvalue weighted by molar-refractivity contribution is 6.31. The topological polar surface area (TPSA) is 130 Å². The molecule has 3 heterocycles. The van der Waals surface area contributed by atoms with E-state index < -0.39 is 18.2 Å². The zero-order valence-corrected chi connectivity index (χ0v) is 19.1. The molecule has 33 heavy (non-hydrogen) atoms. The lowest BCUT2D eigenvalue weighted by molar-refractivity contribution is -0.113. The van der Waals surface area contributed by atoms with Crippen molar-refractivity contribution in [3.05, 3.63) is 53.1 Å². The maximum atomic E-state index is 13.3. The second-order valence-electron chi connectivity index (χ2n) is 7.66. The summed E-state index contributed by atoms with van der Waals surface area (Å²) in [5.74, 6) is 0.557. The van der Waals surface area contributed by atoms with Gasteiger partial charge in [-0.25, -0.2) is 10.4 Å². The largest absolute Gasteiger partial charge is 0.496 e. The van der Waals surface area contributed by atoms with Crippen LogP contribution >= 0.6 is 11.6 Å². The summed E-state index contributed by atoms with van der Waals surface area (Å²) in [4.78, 5) is 17.5. The predicted octanol–water partition coefficient (Wildman–Crippen LogP) is 2.23. The first kappa shape index (κ1) is 23.0. The van der Waals surface area contributed by atoms with E-state index in [0.29, 0.717) is 45.5 Å². The summed E-state index contributed by atoms with van der Waals surface area (Å²) in [5, 5.41) is 19.9. The van der Waals surface area contributed by atoms with Gasteiger partial charge in [0.2, 0.25) is 0 Å². The average molecular weight is 472 g/mol. The molecule has 2 aliphatic rings. The van der Waals surface area contributed by atoms with Crippen molar-refractivity contribution in [3.8, 4) is 17.0 Å². The highest BCUT2D eigenvalue weighted by Gasteiger charge is 2.34. The lowest BCUT2D eigenvalue weighted by Gasteiger charge is -2.17. The van der Waals surface area contributed by atoms with Crippen LogP contribution in [0.2, 0.25) is 5.02 Å². The number of aliphatic hydroxyl groups is 1. The Kier molecular flexibility index (Phi) is 6.80. The molecule has 0 fully saturated rings. The number of nitrogens with two attached hydrogens (primary N) is 1. The number of halogens is 1. The molecule has 0 spiro atoms. The number of amides is 1. The molecule has 4 rings (SSSR count). The number of fused-ring (bicyclic) bond motifs is 1. The highest BCUT2D eigenvalue weighted by Crippen LogP contribution is 2.37. The Labute approximate surface area is 196 Å². The Morgan fingerprint density at radius 1 is 1.45 bits per heavy atom. The Morgan fingerprint density at radius 3 is 3.03 bits per heavy atom. The maximum Gasteiger partial charge on any atom is 0.258 e. The minimum absolute atomic E-state index is 0.243. The number of anilines is 1. The summed E-state index contributed by atoms with van der Waals surface area (Å²) < 4.78 is 7.17. The smallest absolute Gasteiger partial charge is 0.258 e. The number of nitrogens with zero attached hydrogens (tertiary/aromatic N) is 4. The van der Waals surface area contributed by atoms with Gasteiger partial charge in [-0.05, 0) is 30.7 Å². The fraction of sp³-hybridized carbons (Fsp3) is 0.318. The highest BCUT2D eigenvalue weighted by atomic mass is 35.5. The zero-order chi connectivity index (χ0) is 23.5. The predicted molar refractivity (Wildman–Crippen MR) is 126 cm³/mol. The fourth-order valence-electron chi connectivity index (χ4n) is 3.85. The van der Waals surface area contributed by atoms with E-state index in [1.165, 1.54) is 6.20 Å². The number of aliphatic imine (C=N–C) groups is 1. The number of rotatable bonds is 8. The maximum absolute atomic E-state index is 13.3. The molecule has 1 amide bonds. The van der Waals surface area contributed by atoms with Crippen molar-refractivity contribution < 1.29 is 14.6 Å². The number of nitrogens with one attached hydrogen (secondary N) is 2. The van der Waals surface area contributed by atoms with E-state index in [-0.39, 0.29) is 6.54 Å². The average Bonchev–Trinajstić information content (AvgIpc) is 3.33. The Bertz CT molecular complexity index is 1140. The van der Waals surface area contributed by atoms with Crippen LogP contribution in [0.15, 0.2) is 53.1 Å². The number of hydrazine groups is 1. The molecule has 2 aromatic rings. The van der Waals surface area contributed by atoms with Crippen molar-refractivity contribution in [2.75, 3.05) is 12.4 Å². The molecule has 1 aromatic carbocycles. The second-order valence-corrected chi connectivity index (χ2v) is 8.10. The molecule has 1 aromatic heterocycles. The molecule has 0 saturated heterocycles. The molecule has 11 heteroatoms. The summed E-state index contributed by atoms with van der Waals surface area (Å²) in [7, 11) is 1.55. The second kappa shape index (κ2) is 9.75. The molecule has 2 atom stereocenters. The number of allylic oxidation sites excluding steroid dienone is 1. The molecular weight excluding hydrogens is 446 g/mol. The fourth-order valence-corrected chi connectivity index (χ4v) is 4.02. The molecule has 0 bridgehead atoms. The van der Waals surface area contributed by atoms with Crippen LogP contribution in [0.3, 0.4) is 0 Å². The number of hydrogen-bond donors (Lipinski definition) is 4. The first-order chi connectivity index (χ1) is 15.9. The minimum Gasteiger partial charge on any atom is -0.496 e. The van der Waals surface area contributed by atoms with Crippen LogP contribution in [0.25, 0.3) is 11.3 Å². The number of carbonyl (C=O) groups is 1. The van der Waals surface area contributed by atoms with Crippen LogP contribution in [0.5, 0.6) is 5.75 Å². The summed E-state index contributed by atoms with van der Waals surface area (Å²) in [6, 6.07) is 5.19. The molecule has 174 valence electrons. The molecule has 10 nitrogen and oxygen atoms in total. The van der Waals surface area contributed by atoms with Crippen LogP contribution < -0.4 is 21.2 Å². The standard InChI is InChI=1S/C22H26ClN7O3/c1-3-5-14(31)12-30-19(15-10-13(23)6-7-17(15)33-2)16(11-26-30)27-22(32)18-20(24)28-29-9-4-8-25-21(18)29/h4,6-11,14,20,28,31H,3,5,12,24H2,1-2H3,(H,27,32). The molecule has 0 saturated carbocycles. The summed E-state index contributed by atoms with van der Waals surface area (Å²) in [6.45, 7) is 2.24. The van der Waals surface area contributed by atoms with E-state index in [4.69, 9.17) is 22.1 Å². The van der Waals surface area contributed by atoms with Gasteiger partial charge < -0.3 is 20.9 Å². The summed E-state index contributed by atoms with van der Waals surface area (Å²) >= 11 is 6.27. The normalized spacial score (nSPS) is 18.0. The minimum atomic E-state index is -0.731. The van der Waals surface area contributed by atoms with Gasteiger partial charge in [0.15, 0.2) is 5.82 Å². The number of benzene rings is 1. The third-order valence-electron chi connectivity index (χ3n) is 5.33. The number of ether oxygens (including phenoxy) is 1. The van der Waals surface area contributed by atoms with Gasteiger partial charge in [0.05, 0.1) is 42.9 Å². The summed E-state index contributed by atoms with van der Waals surface area (Å²) in [6.07, 6.45) is 6.71. The van der Waals surface area contributed by atoms with Crippen molar-refractivity contribution in [2.45, 2.75) is 38.6 Å². The first-order valence-corrected chi connectivity index (χ1v) is 11.0. The molecule has 2 aliphatic heterocycles. The van der Waals surface area contributed by atoms with Crippen molar-refractivity contribution in [3.63, 3.8) is 0 Å². The van der Waals surface area contributed by atoms with Crippen molar-refractivity contribution in [2.24, 2.45) is 10.7 Å². The molecule has 0 radical (unpaired) electrons. The van der Waals surface area contributed by atoms with E-state index in [2.05, 4.69) is 20.8 Å². The monoisotopic (exact) mass is 471 g/mol. The molecule has 5 N–H and O–H groups in total. The van der Waals surface area contributed by atoms with E-state index in [0.717, 1.165) is 6.42 Å². The quantitative estimate of drug-likeness (QED) is 0.464. The third kappa shape index (κ3) is 4.64. The van der Waals surface area contributed by atoms with Crippen molar-refractivity contribution in [1.82, 2.24) is 20.2 Å². The lowest BCUT2D eigenvalue weighted by Crippen LogP contribution is -2.42. The third-order valence-corrected chi connectivity index (χ3v) is 5.57. The van der Waals surface area contributed by atoms with Gasteiger partial charge in [-0.2, -0.15) is 5.10 Å². The van der Waals surface area contributed by atoms with Gasteiger partial charge in [0.25, 0.3) is 5.91 Å². The lowest BCUT2D eigenvalue weighted by atomic mass is 10.1. The van der Waals surface area contributed by atoms with Gasteiger partial charge in [-0.15, -0.1) is 0 Å². The van der Waals surface area contributed by atoms with E-state index in [1.807, 2.05) is 6.92 Å². The molecule has 0 aliphatic carbocycles. The van der Waals surface area contributed by atoms with E-state index in [9.17, 15) is 9.90 Å². The van der Waals surface area contributed by atoms with Crippen LogP contribution in [-0.2, 0) is 11.3 Å². The van der Waals surface area contributed by atoms with Gasteiger partial charge in [-0.1, -0.05) is 24.9 Å². The Morgan fingerprint density at radius 2 is 2.27 bits per heavy atom. The zero-order valence-electron chi connectivity index (χ0n) is 18.3. The van der Waals surface area contributed by atoms with Crippen LogP contribution in [0.4, 0.5) is 5.69 Å². The van der Waals surface area contributed by atoms with Crippen LogP contribution in [-0.4, -0.2) is 51.4 Å². The number of aliphatic hydroxyl groups excluding tert-OH is 1. The summed E-state index contributed by atoms with van der Waals surface area (Å²) in [5.41, 5.74) is 11.0. The number of carbonyl (C=O) groups excluding carboxylic acids is 1. The number of aromatic nitrogens is 2. The van der Waals surface area contributed by atoms with Crippen LogP contribution in [0, 0.1) is 0 Å².